The molecule has 28 heavy (non-hydrogen) atoms. The van der Waals surface area contributed by atoms with Crippen LogP contribution in [0.15, 0.2) is 18.3 Å². The Bertz CT molecular complexity index is 644. The van der Waals surface area contributed by atoms with E-state index in [0.29, 0.717) is 12.6 Å². The molecule has 2 atom stereocenters. The third kappa shape index (κ3) is 6.36. The quantitative estimate of drug-likeness (QED) is 0.701. The number of nitrogens with one attached hydrogen (secondary N) is 1. The molecule has 1 amide bonds. The number of aromatic nitrogens is 1. The van der Waals surface area contributed by atoms with E-state index in [2.05, 4.69) is 16.4 Å². The van der Waals surface area contributed by atoms with Gasteiger partial charge in [0.1, 0.15) is 11.4 Å². The number of amides is 1. The molecule has 0 unspecified atom stereocenters. The van der Waals surface area contributed by atoms with Crippen LogP contribution in [0.2, 0.25) is 0 Å². The van der Waals surface area contributed by atoms with Gasteiger partial charge in [0.15, 0.2) is 0 Å². The van der Waals surface area contributed by atoms with Crippen LogP contribution in [-0.2, 0) is 15.9 Å². The number of anilines is 1. The van der Waals surface area contributed by atoms with E-state index in [1.807, 2.05) is 33.0 Å². The molecule has 1 aromatic heterocycles. The van der Waals surface area contributed by atoms with Crippen molar-refractivity contribution in [2.24, 2.45) is 0 Å². The summed E-state index contributed by atoms with van der Waals surface area (Å²) in [5.41, 5.74) is 0.894. The fourth-order valence-electron chi connectivity index (χ4n) is 3.86. The average Bonchev–Trinajstić information content (AvgIpc) is 3.12. The highest BCUT2D eigenvalue weighted by molar-refractivity contribution is 5.68. The highest BCUT2D eigenvalue weighted by atomic mass is 16.6. The summed E-state index contributed by atoms with van der Waals surface area (Å²) < 4.78 is 11.4. The van der Waals surface area contributed by atoms with E-state index in [9.17, 15) is 4.79 Å². The molecular formula is C22H35N3O3. The van der Waals surface area contributed by atoms with Crippen molar-refractivity contribution in [3.8, 4) is 0 Å². The smallest absolute Gasteiger partial charge is 0.410 e. The van der Waals surface area contributed by atoms with Crippen molar-refractivity contribution in [3.05, 3.63) is 23.9 Å². The van der Waals surface area contributed by atoms with Gasteiger partial charge in [0.25, 0.3) is 0 Å². The maximum Gasteiger partial charge on any atom is 0.410 e. The standard InChI is InChI=1S/C22H35N3O3/c1-22(2,3)28-21(26)25-14-12-19(16-25)27-15-6-4-5-9-18-11-10-17-8-7-13-23-20(17)24-18/h7-8,13,18-19H,4-6,9-12,14-16H2,1-3H3,(H,23,24)/t18-,19-/m1/s1. The molecule has 2 aliphatic rings. The largest absolute Gasteiger partial charge is 0.444 e. The second-order valence-electron chi connectivity index (χ2n) is 8.95. The van der Waals surface area contributed by atoms with E-state index in [1.54, 1.807) is 4.90 Å². The highest BCUT2D eigenvalue weighted by Gasteiger charge is 2.30. The number of ether oxygens (including phenoxy) is 2. The molecule has 1 N–H and O–H groups in total. The Morgan fingerprint density at radius 1 is 1.29 bits per heavy atom. The third-order valence-corrected chi connectivity index (χ3v) is 5.34. The van der Waals surface area contributed by atoms with Crippen LogP contribution in [0.4, 0.5) is 10.6 Å². The zero-order chi connectivity index (χ0) is 20.0. The Balaban J connectivity index is 1.24. The molecular weight excluding hydrogens is 354 g/mol. The lowest BCUT2D eigenvalue weighted by Gasteiger charge is -2.26. The fourth-order valence-corrected chi connectivity index (χ4v) is 3.86. The summed E-state index contributed by atoms with van der Waals surface area (Å²) in [4.78, 5) is 18.3. The molecule has 6 nitrogen and oxygen atoms in total. The van der Waals surface area contributed by atoms with E-state index >= 15 is 0 Å². The average molecular weight is 390 g/mol. The summed E-state index contributed by atoms with van der Waals surface area (Å²) in [6, 6.07) is 4.72. The number of hydrogen-bond donors (Lipinski definition) is 1. The Morgan fingerprint density at radius 2 is 2.14 bits per heavy atom. The minimum atomic E-state index is -0.443. The molecule has 0 radical (unpaired) electrons. The van der Waals surface area contributed by atoms with Crippen LogP contribution in [0.3, 0.4) is 0 Å². The summed E-state index contributed by atoms with van der Waals surface area (Å²) in [5, 5.41) is 3.57. The monoisotopic (exact) mass is 389 g/mol. The topological polar surface area (TPSA) is 63.7 Å². The van der Waals surface area contributed by atoms with Crippen molar-refractivity contribution >= 4 is 11.9 Å². The van der Waals surface area contributed by atoms with Crippen molar-refractivity contribution in [1.82, 2.24) is 9.88 Å². The number of fused-ring (bicyclic) bond motifs is 1. The van der Waals surface area contributed by atoms with Crippen molar-refractivity contribution in [3.63, 3.8) is 0 Å². The Hall–Kier alpha value is -1.82. The van der Waals surface area contributed by atoms with Gasteiger partial charge in [-0.3, -0.25) is 0 Å². The number of hydrogen-bond acceptors (Lipinski definition) is 5. The Morgan fingerprint density at radius 3 is 2.96 bits per heavy atom. The molecule has 3 rings (SSSR count). The number of carbonyl (C=O) groups is 1. The van der Waals surface area contributed by atoms with Crippen LogP contribution < -0.4 is 5.32 Å². The molecule has 0 bridgehead atoms. The zero-order valence-corrected chi connectivity index (χ0v) is 17.6. The maximum absolute atomic E-state index is 12.1. The predicted molar refractivity (Wildman–Crippen MR) is 111 cm³/mol. The van der Waals surface area contributed by atoms with Crippen molar-refractivity contribution in [1.29, 1.82) is 0 Å². The van der Waals surface area contributed by atoms with Crippen LogP contribution >= 0.6 is 0 Å². The number of unbranched alkanes of at least 4 members (excludes halogenated alkanes) is 2. The lowest BCUT2D eigenvalue weighted by atomic mass is 9.97. The van der Waals surface area contributed by atoms with Gasteiger partial charge in [-0.05, 0) is 64.5 Å². The maximum atomic E-state index is 12.1. The summed E-state index contributed by atoms with van der Waals surface area (Å²) in [7, 11) is 0. The Kier molecular flexibility index (Phi) is 7.16. The van der Waals surface area contributed by atoms with Crippen molar-refractivity contribution in [2.45, 2.75) is 83.5 Å². The molecule has 0 saturated carbocycles. The first-order chi connectivity index (χ1) is 13.4. The van der Waals surface area contributed by atoms with E-state index in [1.165, 1.54) is 31.2 Å². The van der Waals surface area contributed by atoms with Gasteiger partial charge in [-0.25, -0.2) is 9.78 Å². The first-order valence-corrected chi connectivity index (χ1v) is 10.7. The molecule has 1 fully saturated rings. The van der Waals surface area contributed by atoms with Gasteiger partial charge in [0, 0.05) is 25.4 Å². The number of pyridine rings is 1. The van der Waals surface area contributed by atoms with E-state index in [0.717, 1.165) is 38.2 Å². The summed E-state index contributed by atoms with van der Waals surface area (Å²) in [6.07, 6.45) is 9.64. The van der Waals surface area contributed by atoms with Gasteiger partial charge in [-0.2, -0.15) is 0 Å². The molecule has 6 heteroatoms. The zero-order valence-electron chi connectivity index (χ0n) is 17.6. The second-order valence-corrected chi connectivity index (χ2v) is 8.95. The molecule has 1 aromatic rings. The van der Waals surface area contributed by atoms with Gasteiger partial charge < -0.3 is 19.7 Å². The van der Waals surface area contributed by atoms with Gasteiger partial charge in [0.2, 0.25) is 0 Å². The van der Waals surface area contributed by atoms with E-state index in [4.69, 9.17) is 9.47 Å². The number of aryl methyl sites for hydroxylation is 1. The van der Waals surface area contributed by atoms with Crippen LogP contribution in [0.5, 0.6) is 0 Å². The van der Waals surface area contributed by atoms with Crippen LogP contribution in [0.25, 0.3) is 0 Å². The minimum Gasteiger partial charge on any atom is -0.444 e. The summed E-state index contributed by atoms with van der Waals surface area (Å²) in [6.45, 7) is 7.83. The minimum absolute atomic E-state index is 0.148. The van der Waals surface area contributed by atoms with Gasteiger partial charge >= 0.3 is 6.09 Å². The SMILES string of the molecule is CC(C)(C)OC(=O)N1CC[C@@H](OCCCCC[C@@H]2CCc3cccnc3N2)C1. The first-order valence-electron chi connectivity index (χ1n) is 10.7. The molecule has 0 aliphatic carbocycles. The third-order valence-electron chi connectivity index (χ3n) is 5.34. The number of carbonyl (C=O) groups excluding carboxylic acids is 1. The van der Waals surface area contributed by atoms with Gasteiger partial charge in [0.05, 0.1) is 12.6 Å². The lowest BCUT2D eigenvalue weighted by Crippen LogP contribution is -2.36. The molecule has 2 aliphatic heterocycles. The summed E-state index contributed by atoms with van der Waals surface area (Å²) >= 11 is 0. The second kappa shape index (κ2) is 9.59. The summed E-state index contributed by atoms with van der Waals surface area (Å²) in [5.74, 6) is 1.07. The number of rotatable bonds is 7. The molecule has 156 valence electrons. The fraction of sp³-hybridized carbons (Fsp3) is 0.727. The normalized spacial score (nSPS) is 21.9. The molecule has 3 heterocycles. The van der Waals surface area contributed by atoms with E-state index in [-0.39, 0.29) is 12.2 Å². The molecule has 1 saturated heterocycles. The number of likely N-dealkylation sites (tertiary alicyclic amines) is 1. The van der Waals surface area contributed by atoms with Crippen LogP contribution in [-0.4, -0.2) is 53.4 Å². The van der Waals surface area contributed by atoms with Gasteiger partial charge in [-0.1, -0.05) is 18.9 Å². The highest BCUT2D eigenvalue weighted by Crippen LogP contribution is 2.24. The molecule has 0 aromatic carbocycles. The van der Waals surface area contributed by atoms with Crippen molar-refractivity contribution < 1.29 is 14.3 Å². The number of nitrogens with zero attached hydrogens (tertiary/aromatic N) is 2. The first kappa shape index (κ1) is 20.9. The predicted octanol–water partition coefficient (Wildman–Crippen LogP) is 4.39. The Labute approximate surface area is 169 Å². The molecule has 0 spiro atoms. The van der Waals surface area contributed by atoms with Gasteiger partial charge in [-0.15, -0.1) is 0 Å². The lowest BCUT2D eigenvalue weighted by molar-refractivity contribution is 0.0206. The van der Waals surface area contributed by atoms with Crippen molar-refractivity contribution in [2.75, 3.05) is 25.0 Å². The van der Waals surface area contributed by atoms with Crippen LogP contribution in [0.1, 0.15) is 64.9 Å². The van der Waals surface area contributed by atoms with E-state index < -0.39 is 5.60 Å². The van der Waals surface area contributed by atoms with Crippen LogP contribution in [0, 0.1) is 0 Å².